The molecule has 1 unspecified atom stereocenters. The summed E-state index contributed by atoms with van der Waals surface area (Å²) < 4.78 is 3.83. The highest BCUT2D eigenvalue weighted by Gasteiger charge is 2.23. The number of amides is 1. The highest BCUT2D eigenvalue weighted by Crippen LogP contribution is 2.16. The summed E-state index contributed by atoms with van der Waals surface area (Å²) in [5.41, 5.74) is 6.29. The lowest BCUT2D eigenvalue weighted by atomic mass is 10.2. The second-order valence-electron chi connectivity index (χ2n) is 3.79. The van der Waals surface area contributed by atoms with Crippen molar-refractivity contribution in [2.45, 2.75) is 32.7 Å². The van der Waals surface area contributed by atoms with Gasteiger partial charge in [-0.15, -0.1) is 5.10 Å². The van der Waals surface area contributed by atoms with Crippen molar-refractivity contribution in [3.63, 3.8) is 0 Å². The minimum atomic E-state index is -0.269. The summed E-state index contributed by atoms with van der Waals surface area (Å²) in [6, 6.07) is -0.269. The first-order valence-electron chi connectivity index (χ1n) is 5.36. The molecule has 7 heteroatoms. The van der Waals surface area contributed by atoms with Crippen molar-refractivity contribution in [3.05, 3.63) is 10.6 Å². The van der Waals surface area contributed by atoms with Crippen molar-refractivity contribution in [2.24, 2.45) is 5.73 Å². The molecule has 0 aliphatic carbocycles. The fourth-order valence-corrected chi connectivity index (χ4v) is 2.15. The average Bonchev–Trinajstić information content (AvgIpc) is 2.74. The fourth-order valence-electron chi connectivity index (χ4n) is 1.30. The number of thiocarbonyl (C=S) groups is 1. The Kier molecular flexibility index (Phi) is 4.95. The van der Waals surface area contributed by atoms with Gasteiger partial charge in [0.05, 0.1) is 16.7 Å². The molecule has 0 aliphatic rings. The van der Waals surface area contributed by atoms with Crippen LogP contribution in [0.1, 0.15) is 35.6 Å². The van der Waals surface area contributed by atoms with Crippen LogP contribution in [0.4, 0.5) is 0 Å². The zero-order valence-electron chi connectivity index (χ0n) is 10.1. The van der Waals surface area contributed by atoms with Gasteiger partial charge in [0.25, 0.3) is 5.91 Å². The number of hydrogen-bond acceptors (Lipinski definition) is 5. The molecule has 1 rings (SSSR count). The van der Waals surface area contributed by atoms with E-state index in [0.717, 1.165) is 30.1 Å². The molecule has 0 aromatic carbocycles. The standard InChI is InChI=1S/C10H16N4OS2/c1-4-5-7-8(17-13-12-7)10(15)14(3)6(2)9(11)16/h6H,4-5H2,1-3H3,(H2,11,16). The Bertz CT molecular complexity index is 418. The van der Waals surface area contributed by atoms with Crippen molar-refractivity contribution in [3.8, 4) is 0 Å². The van der Waals surface area contributed by atoms with Crippen molar-refractivity contribution in [1.29, 1.82) is 0 Å². The molecule has 0 bridgehead atoms. The van der Waals surface area contributed by atoms with Gasteiger partial charge in [-0.3, -0.25) is 4.79 Å². The van der Waals surface area contributed by atoms with E-state index in [4.69, 9.17) is 18.0 Å². The van der Waals surface area contributed by atoms with E-state index >= 15 is 0 Å². The van der Waals surface area contributed by atoms with Crippen LogP contribution < -0.4 is 5.73 Å². The Morgan fingerprint density at radius 3 is 2.82 bits per heavy atom. The molecule has 1 heterocycles. The third kappa shape index (κ3) is 3.19. The van der Waals surface area contributed by atoms with Crippen LogP contribution in [0.25, 0.3) is 0 Å². The predicted molar refractivity (Wildman–Crippen MR) is 72.2 cm³/mol. The number of carbonyl (C=O) groups is 1. The molecular weight excluding hydrogens is 256 g/mol. The van der Waals surface area contributed by atoms with Crippen LogP contribution in [0.5, 0.6) is 0 Å². The Morgan fingerprint density at radius 1 is 1.65 bits per heavy atom. The van der Waals surface area contributed by atoms with E-state index in [1.165, 1.54) is 4.90 Å². The Hall–Kier alpha value is -1.08. The number of nitrogens with zero attached hydrogens (tertiary/aromatic N) is 3. The van der Waals surface area contributed by atoms with Crippen LogP contribution in [-0.4, -0.2) is 38.5 Å². The molecular formula is C10H16N4OS2. The first-order valence-corrected chi connectivity index (χ1v) is 6.54. The molecule has 1 aromatic heterocycles. The van der Waals surface area contributed by atoms with Gasteiger partial charge in [-0.05, 0) is 24.9 Å². The number of aryl methyl sites for hydroxylation is 1. The SMILES string of the molecule is CCCc1nnsc1C(=O)N(C)C(C)C(N)=S. The van der Waals surface area contributed by atoms with Gasteiger partial charge in [0, 0.05) is 7.05 Å². The van der Waals surface area contributed by atoms with E-state index in [2.05, 4.69) is 9.59 Å². The van der Waals surface area contributed by atoms with Gasteiger partial charge in [-0.1, -0.05) is 30.1 Å². The predicted octanol–water partition coefficient (Wildman–Crippen LogP) is 1.24. The van der Waals surface area contributed by atoms with E-state index in [1.54, 1.807) is 14.0 Å². The lowest BCUT2D eigenvalue weighted by molar-refractivity contribution is 0.0782. The number of hydrogen-bond donors (Lipinski definition) is 1. The molecule has 0 spiro atoms. The minimum Gasteiger partial charge on any atom is -0.392 e. The van der Waals surface area contributed by atoms with Crippen LogP contribution in [-0.2, 0) is 6.42 Å². The van der Waals surface area contributed by atoms with Gasteiger partial charge in [0.15, 0.2) is 0 Å². The normalized spacial score (nSPS) is 12.2. The van der Waals surface area contributed by atoms with Gasteiger partial charge in [0.2, 0.25) is 0 Å². The summed E-state index contributed by atoms with van der Waals surface area (Å²) >= 11 is 6.00. The number of nitrogens with two attached hydrogens (primary N) is 1. The van der Waals surface area contributed by atoms with Crippen LogP contribution >= 0.6 is 23.8 Å². The fraction of sp³-hybridized carbons (Fsp3) is 0.600. The lowest BCUT2D eigenvalue weighted by Gasteiger charge is -2.23. The summed E-state index contributed by atoms with van der Waals surface area (Å²) in [6.45, 7) is 3.84. The van der Waals surface area contributed by atoms with Gasteiger partial charge in [0.1, 0.15) is 4.88 Å². The molecule has 2 N–H and O–H groups in total. The van der Waals surface area contributed by atoms with Crippen molar-refractivity contribution >= 4 is 34.6 Å². The molecule has 0 saturated carbocycles. The number of aromatic nitrogens is 2. The van der Waals surface area contributed by atoms with Gasteiger partial charge >= 0.3 is 0 Å². The molecule has 1 atom stereocenters. The van der Waals surface area contributed by atoms with E-state index in [9.17, 15) is 4.79 Å². The van der Waals surface area contributed by atoms with Crippen LogP contribution in [0.2, 0.25) is 0 Å². The number of likely N-dealkylation sites (N-methyl/N-ethyl adjacent to an activating group) is 1. The Morgan fingerprint density at radius 2 is 2.29 bits per heavy atom. The maximum Gasteiger partial charge on any atom is 0.267 e. The summed E-state index contributed by atoms with van der Waals surface area (Å²) in [6.07, 6.45) is 1.69. The zero-order valence-corrected chi connectivity index (χ0v) is 11.8. The average molecular weight is 272 g/mol. The van der Waals surface area contributed by atoms with Gasteiger partial charge < -0.3 is 10.6 Å². The summed E-state index contributed by atoms with van der Waals surface area (Å²) in [5, 5.41) is 3.97. The second kappa shape index (κ2) is 6.02. The van der Waals surface area contributed by atoms with E-state index < -0.39 is 0 Å². The molecule has 0 aliphatic heterocycles. The molecule has 0 saturated heterocycles. The Labute approximate surface area is 110 Å². The second-order valence-corrected chi connectivity index (χ2v) is 5.02. The Balaban J connectivity index is 2.88. The third-order valence-corrected chi connectivity index (χ3v) is 3.65. The number of rotatable bonds is 5. The molecule has 94 valence electrons. The molecule has 5 nitrogen and oxygen atoms in total. The largest absolute Gasteiger partial charge is 0.392 e. The van der Waals surface area contributed by atoms with Crippen LogP contribution in [0.3, 0.4) is 0 Å². The van der Waals surface area contributed by atoms with Gasteiger partial charge in [-0.2, -0.15) is 0 Å². The van der Waals surface area contributed by atoms with E-state index in [-0.39, 0.29) is 11.9 Å². The maximum absolute atomic E-state index is 12.2. The zero-order chi connectivity index (χ0) is 13.0. The highest BCUT2D eigenvalue weighted by molar-refractivity contribution is 7.80. The first kappa shape index (κ1) is 14.0. The van der Waals surface area contributed by atoms with Crippen LogP contribution in [0.15, 0.2) is 0 Å². The van der Waals surface area contributed by atoms with Crippen molar-refractivity contribution < 1.29 is 4.79 Å². The summed E-state index contributed by atoms with van der Waals surface area (Å²) in [4.78, 5) is 14.6. The maximum atomic E-state index is 12.2. The smallest absolute Gasteiger partial charge is 0.267 e. The lowest BCUT2D eigenvalue weighted by Crippen LogP contribution is -2.42. The minimum absolute atomic E-state index is 0.122. The van der Waals surface area contributed by atoms with Crippen molar-refractivity contribution in [1.82, 2.24) is 14.5 Å². The highest BCUT2D eigenvalue weighted by atomic mass is 32.1. The van der Waals surface area contributed by atoms with Crippen molar-refractivity contribution in [2.75, 3.05) is 7.05 Å². The third-order valence-electron chi connectivity index (χ3n) is 2.55. The molecule has 1 amide bonds. The first-order chi connectivity index (χ1) is 7.99. The number of carbonyl (C=O) groups excluding carboxylic acids is 1. The molecule has 1 aromatic rings. The van der Waals surface area contributed by atoms with E-state index in [0.29, 0.717) is 9.87 Å². The molecule has 0 radical (unpaired) electrons. The summed E-state index contributed by atoms with van der Waals surface area (Å²) in [5.74, 6) is -0.122. The summed E-state index contributed by atoms with van der Waals surface area (Å²) in [7, 11) is 1.68. The van der Waals surface area contributed by atoms with E-state index in [1.807, 2.05) is 6.92 Å². The van der Waals surface area contributed by atoms with Gasteiger partial charge in [-0.25, -0.2) is 0 Å². The van der Waals surface area contributed by atoms with Crippen LogP contribution in [0, 0.1) is 0 Å². The molecule has 0 fully saturated rings. The topological polar surface area (TPSA) is 72.1 Å². The quantitative estimate of drug-likeness (QED) is 0.816. The molecule has 17 heavy (non-hydrogen) atoms. The monoisotopic (exact) mass is 272 g/mol.